The lowest BCUT2D eigenvalue weighted by Gasteiger charge is -2.02. The van der Waals surface area contributed by atoms with E-state index in [1.165, 1.54) is 264 Å². The molecule has 0 amide bonds. The molecule has 10 nitrogen and oxygen atoms in total. The van der Waals surface area contributed by atoms with Crippen LogP contribution >= 0.6 is 221 Å². The smallest absolute Gasteiger partial charge is 0.330 e. The molecule has 3 N–H and O–H groups in total. The molecule has 2 aromatic carbocycles. The molecule has 131 heavy (non-hydrogen) atoms. The first-order valence-electron chi connectivity index (χ1n) is 44.8. The van der Waals surface area contributed by atoms with E-state index < -0.39 is 5.24 Å². The van der Waals surface area contributed by atoms with Crippen molar-refractivity contribution in [3.63, 3.8) is 0 Å². The fourth-order valence-corrected chi connectivity index (χ4v) is 29.6. The van der Waals surface area contributed by atoms with Gasteiger partial charge in [-0.2, -0.15) is 11.3 Å². The number of hydrogen-bond acceptors (Lipinski definition) is 20. The molecule has 0 bridgehead atoms. The van der Waals surface area contributed by atoms with E-state index in [-0.39, 0.29) is 37.7 Å². The molecule has 0 saturated carbocycles. The molecule has 12 aromatic rings. The minimum absolute atomic E-state index is 0.202. The van der Waals surface area contributed by atoms with Crippen LogP contribution in [0.1, 0.15) is 240 Å². The van der Waals surface area contributed by atoms with Crippen molar-refractivity contribution in [3.8, 4) is 29.3 Å². The summed E-state index contributed by atoms with van der Waals surface area (Å²) in [6.45, 7) is 27.0. The standard InChI is InChI=1S/C27H32O2S2.C20H28O2S2.C18H26OS2.C10H14Br2S.C9H7ClO.C8H8Br2O2S.C6H6Br2OS.C6H8OS/c1-4-5-6-10-13-24-18-20(2)30-27(24)25-19-23(21(3)31-25)16-17-29-26(28)15-14-22-11-8-7-9-12-22;1-5-6-7-8-9-18-12-14(2)23-20(18)19-13-17(15(3)24-19)10-11-22-16(4)21;1-4-5-6-7-8-16-11-13(2)20-18(16)17-12-15(9-10-19)14(3)21-17;1-2-3-4-5-6-8-7-9(11)13-10(8)12;10-9(11)7-6-8-4-2-1-3-5-8;1-5(11)12-3-2-6-4-7(9)13-8(6)10;7-5-3-4(1-2-9)6(8)10-5;7-3-1-6-2-4-8-5-6/h7-9,11-12,14-15,18-19H,4-6,10,13,16-17H2,1-3H3;12-13H,5-11H2,1-4H3;11-12,19H,4-10H2,1-3H3;7H,2-6H2,1H3;1-7H;4H,2-3H2,1H3;3,9H,1-2H2;2,4-5,7H,1,3H2/b15-14+;;;;7-6+;;;. The molecule has 0 aliphatic rings. The maximum Gasteiger partial charge on any atom is 0.330 e. The average molecular weight is 2370 g/mol. The van der Waals surface area contributed by atoms with Crippen LogP contribution in [0.15, 0.2) is 167 Å². The molecule has 0 unspecified atom stereocenters. The molecule has 0 saturated heterocycles. The van der Waals surface area contributed by atoms with Crippen molar-refractivity contribution in [3.05, 3.63) is 263 Å². The van der Waals surface area contributed by atoms with E-state index in [9.17, 15) is 19.2 Å². The van der Waals surface area contributed by atoms with Gasteiger partial charge in [0.1, 0.15) is 0 Å². The van der Waals surface area contributed by atoms with Gasteiger partial charge >= 0.3 is 17.9 Å². The van der Waals surface area contributed by atoms with E-state index >= 15 is 0 Å². The molecular weight excluding hydrogens is 2240 g/mol. The first-order valence-corrected chi connectivity index (χ1v) is 58.3. The van der Waals surface area contributed by atoms with Gasteiger partial charge in [0.25, 0.3) is 0 Å². The van der Waals surface area contributed by atoms with E-state index in [0.29, 0.717) is 19.8 Å². The van der Waals surface area contributed by atoms with Crippen molar-refractivity contribution in [2.75, 3.05) is 39.6 Å². The molecule has 0 spiro atoms. The Morgan fingerprint density at radius 2 is 0.672 bits per heavy atom. The minimum atomic E-state index is -0.450. The second-order valence-corrected chi connectivity index (χ2v) is 50.9. The Morgan fingerprint density at radius 1 is 0.351 bits per heavy atom. The molecule has 10 heterocycles. The van der Waals surface area contributed by atoms with Gasteiger partial charge in [0, 0.05) is 118 Å². The first kappa shape index (κ1) is 118. The van der Waals surface area contributed by atoms with E-state index in [1.54, 1.807) is 57.5 Å². The predicted octanol–water partition coefficient (Wildman–Crippen LogP) is 35.4. The fraction of sp³-hybridized carbons (Fsp3) is 0.423. The summed E-state index contributed by atoms with van der Waals surface area (Å²) in [5.41, 5.74) is 15.4. The Labute approximate surface area is 876 Å². The molecule has 0 fully saturated rings. The van der Waals surface area contributed by atoms with E-state index in [1.807, 2.05) is 152 Å². The van der Waals surface area contributed by atoms with Gasteiger partial charge in [-0.15, -0.1) is 102 Å². The monoisotopic (exact) mass is 2370 g/mol. The summed E-state index contributed by atoms with van der Waals surface area (Å²) < 4.78 is 22.2. The average Bonchev–Trinajstić information content (AvgIpc) is 1.67. The van der Waals surface area contributed by atoms with Gasteiger partial charge in [0.2, 0.25) is 5.24 Å². The molecule has 0 aliphatic heterocycles. The molecule has 714 valence electrons. The lowest BCUT2D eigenvalue weighted by atomic mass is 10.1. The van der Waals surface area contributed by atoms with Crippen molar-refractivity contribution in [1.29, 1.82) is 0 Å². The number of ether oxygens (including phenoxy) is 3. The Balaban J connectivity index is 0.000000275. The normalized spacial score (nSPS) is 10.8. The molecule has 0 atom stereocenters. The summed E-state index contributed by atoms with van der Waals surface area (Å²) in [5.74, 6) is -0.725. The van der Waals surface area contributed by atoms with Crippen molar-refractivity contribution in [2.45, 2.75) is 250 Å². The van der Waals surface area contributed by atoms with Crippen molar-refractivity contribution >= 4 is 256 Å². The van der Waals surface area contributed by atoms with Crippen LogP contribution in [0.5, 0.6) is 0 Å². The highest BCUT2D eigenvalue weighted by Gasteiger charge is 2.19. The zero-order valence-electron chi connectivity index (χ0n) is 77.6. The second kappa shape index (κ2) is 69.0. The van der Waals surface area contributed by atoms with Gasteiger partial charge in [0.05, 0.1) is 42.5 Å². The third kappa shape index (κ3) is 48.5. The van der Waals surface area contributed by atoms with E-state index in [4.69, 9.17) is 41.1 Å². The van der Waals surface area contributed by atoms with Crippen LogP contribution in [0.25, 0.3) is 41.4 Å². The lowest BCUT2D eigenvalue weighted by Crippen LogP contribution is -2.04. The number of halogens is 7. The summed E-state index contributed by atoms with van der Waals surface area (Å²) in [5, 5.41) is 29.8. The lowest BCUT2D eigenvalue weighted by molar-refractivity contribution is -0.141. The van der Waals surface area contributed by atoms with Gasteiger partial charge in [0.15, 0.2) is 0 Å². The fourth-order valence-electron chi connectivity index (χ4n) is 13.3. The predicted molar refractivity (Wildman–Crippen MR) is 596 cm³/mol. The van der Waals surface area contributed by atoms with Crippen LogP contribution in [0.3, 0.4) is 0 Å². The SMILES string of the molecule is CC(=O)OCCc1cc(Br)sc1Br.CCCCCCc1cc(Br)sc1Br.CCCCCCc1cc(C)sc1-c1cc(CCO)c(C)s1.CCCCCCc1cc(C)sc1-c1cc(CCOC(=O)/C=C/c2ccccc2)c(C)s1.CCCCCCc1cc(C)sc1-c1cc(CCOC(C)=O)c(C)s1.O=C(Cl)/C=C/c1ccccc1.OCCc1cc(Br)sc1Br.OCCc1ccsc1. The maximum absolute atomic E-state index is 12.0. The van der Waals surface area contributed by atoms with E-state index in [0.717, 1.165) is 76.8 Å². The van der Waals surface area contributed by atoms with Crippen LogP contribution in [0.4, 0.5) is 0 Å². The number of thiophene rings is 10. The van der Waals surface area contributed by atoms with Crippen LogP contribution in [0, 0.1) is 41.5 Å². The topological polar surface area (TPSA) is 157 Å². The number of carbonyl (C=O) groups excluding carboxylic acids is 4. The summed E-state index contributed by atoms with van der Waals surface area (Å²) in [6.07, 6.45) is 36.7. The van der Waals surface area contributed by atoms with Crippen LogP contribution in [-0.2, 0) is 97.6 Å². The van der Waals surface area contributed by atoms with Crippen molar-refractivity contribution in [1.82, 2.24) is 0 Å². The molecule has 0 aliphatic carbocycles. The Kier molecular flexibility index (Phi) is 61.9. The number of rotatable bonds is 42. The highest BCUT2D eigenvalue weighted by atomic mass is 79.9. The zero-order valence-corrected chi connectivity index (χ0v) is 96.0. The van der Waals surface area contributed by atoms with Crippen LogP contribution in [0.2, 0.25) is 0 Å². The van der Waals surface area contributed by atoms with Gasteiger partial charge in [-0.05, 0) is 370 Å². The Morgan fingerprint density at radius 3 is 0.992 bits per heavy atom. The molecule has 27 heteroatoms. The Bertz CT molecular complexity index is 5250. The highest BCUT2D eigenvalue weighted by Crippen LogP contribution is 2.44. The zero-order chi connectivity index (χ0) is 95.8. The number of carbonyl (C=O) groups is 4. The maximum atomic E-state index is 12.0. The second-order valence-electron chi connectivity index (χ2n) is 30.9. The number of allylic oxidation sites excluding steroid dienone is 1. The summed E-state index contributed by atoms with van der Waals surface area (Å²) in [6, 6.07) is 41.6. The van der Waals surface area contributed by atoms with Crippen LogP contribution < -0.4 is 0 Å². The highest BCUT2D eigenvalue weighted by molar-refractivity contribution is 9.13. The summed E-state index contributed by atoms with van der Waals surface area (Å²) in [4.78, 5) is 60.3. The summed E-state index contributed by atoms with van der Waals surface area (Å²) >= 11 is 43.8. The van der Waals surface area contributed by atoms with Crippen molar-refractivity contribution < 1.29 is 48.7 Å². The van der Waals surface area contributed by atoms with Gasteiger partial charge in [-0.3, -0.25) is 14.4 Å². The number of benzene rings is 2. The number of aliphatic hydroxyl groups excluding tert-OH is 3. The van der Waals surface area contributed by atoms with Gasteiger partial charge < -0.3 is 29.5 Å². The molecule has 10 aromatic heterocycles. The number of hydrogen-bond donors (Lipinski definition) is 3. The van der Waals surface area contributed by atoms with Gasteiger partial charge in [-0.1, -0.05) is 171 Å². The third-order valence-corrected chi connectivity index (χ3v) is 35.4. The Hall–Kier alpha value is -3.95. The molecule has 12 rings (SSSR count). The third-order valence-electron chi connectivity index (χ3n) is 20.0. The van der Waals surface area contributed by atoms with Gasteiger partial charge in [-0.25, -0.2) is 4.79 Å². The molecule has 0 radical (unpaired) electrons. The number of aryl methyl sites for hydroxylation is 10. The number of aliphatic hydroxyl groups is 3. The van der Waals surface area contributed by atoms with E-state index in [2.05, 4.69) is 213 Å². The minimum Gasteiger partial charge on any atom is -0.466 e. The molecular formula is C104H129Br6ClO10S10. The number of unbranched alkanes of at least 4 members (excludes halogenated alkanes) is 12. The first-order chi connectivity index (χ1) is 63.0. The van der Waals surface area contributed by atoms with Crippen molar-refractivity contribution in [2.24, 2.45) is 0 Å². The number of esters is 3. The largest absolute Gasteiger partial charge is 0.466 e. The summed E-state index contributed by atoms with van der Waals surface area (Å²) in [7, 11) is 0. The van der Waals surface area contributed by atoms with Crippen LogP contribution in [-0.4, -0.2) is 78.1 Å². The quantitative estimate of drug-likeness (QED) is 0.0111.